The van der Waals surface area contributed by atoms with Crippen molar-refractivity contribution in [2.24, 2.45) is 5.14 Å². The van der Waals surface area contributed by atoms with Crippen molar-refractivity contribution in [1.82, 2.24) is 4.98 Å². The molecule has 96 valence electrons. The lowest BCUT2D eigenvalue weighted by molar-refractivity contribution is 0.414. The van der Waals surface area contributed by atoms with Crippen molar-refractivity contribution in [3.8, 4) is 17.1 Å². The molecule has 7 heteroatoms. The number of sulfonamides is 1. The van der Waals surface area contributed by atoms with Gasteiger partial charge in [0.2, 0.25) is 10.0 Å². The first-order valence-corrected chi connectivity index (χ1v) is 6.77. The predicted molar refractivity (Wildman–Crippen MR) is 65.3 cm³/mol. The van der Waals surface area contributed by atoms with Crippen molar-refractivity contribution in [2.75, 3.05) is 7.11 Å². The summed E-state index contributed by atoms with van der Waals surface area (Å²) in [6.45, 7) is 0. The van der Waals surface area contributed by atoms with E-state index in [1.165, 1.54) is 13.5 Å². The van der Waals surface area contributed by atoms with E-state index >= 15 is 0 Å². The quantitative estimate of drug-likeness (QED) is 0.897. The third-order valence-corrected chi connectivity index (χ3v) is 3.07. The van der Waals surface area contributed by atoms with Gasteiger partial charge in [0.25, 0.3) is 0 Å². The van der Waals surface area contributed by atoms with Crippen LogP contribution < -0.4 is 9.88 Å². The smallest absolute Gasteiger partial charge is 0.213 e. The van der Waals surface area contributed by atoms with Crippen LogP contribution in [0.15, 0.2) is 35.2 Å². The Balaban J connectivity index is 2.41. The summed E-state index contributed by atoms with van der Waals surface area (Å²) in [7, 11) is -2.06. The standard InChI is InChI=1S/C11H12N2O4S/c1-16-10-4-8(6-18(12,14)15)2-3-9(10)11-5-13-7-17-11/h2-5,7H,6H2,1H3,(H2,12,14,15). The van der Waals surface area contributed by atoms with Crippen LogP contribution in [0, 0.1) is 0 Å². The lowest BCUT2D eigenvalue weighted by Gasteiger charge is -2.08. The average molecular weight is 268 g/mol. The Hall–Kier alpha value is -1.86. The second-order valence-electron chi connectivity index (χ2n) is 3.71. The maximum Gasteiger partial charge on any atom is 0.213 e. The van der Waals surface area contributed by atoms with Crippen molar-refractivity contribution >= 4 is 10.0 Å². The van der Waals surface area contributed by atoms with Crippen LogP contribution in [-0.4, -0.2) is 20.5 Å². The second kappa shape index (κ2) is 4.79. The number of hydrogen-bond acceptors (Lipinski definition) is 5. The zero-order valence-corrected chi connectivity index (χ0v) is 10.5. The van der Waals surface area contributed by atoms with Crippen LogP contribution in [0.5, 0.6) is 5.75 Å². The van der Waals surface area contributed by atoms with E-state index in [0.29, 0.717) is 22.6 Å². The van der Waals surface area contributed by atoms with Crippen LogP contribution >= 0.6 is 0 Å². The number of primary sulfonamides is 1. The zero-order chi connectivity index (χ0) is 13.2. The van der Waals surface area contributed by atoms with Crippen LogP contribution in [0.2, 0.25) is 0 Å². The number of hydrogen-bond donors (Lipinski definition) is 1. The lowest BCUT2D eigenvalue weighted by atomic mass is 10.1. The molecular weight excluding hydrogens is 256 g/mol. The molecule has 0 bridgehead atoms. The first-order chi connectivity index (χ1) is 8.49. The average Bonchev–Trinajstić information content (AvgIpc) is 2.80. The molecule has 0 radical (unpaired) electrons. The minimum atomic E-state index is -3.56. The van der Waals surface area contributed by atoms with Gasteiger partial charge in [-0.2, -0.15) is 0 Å². The van der Waals surface area contributed by atoms with Crippen molar-refractivity contribution in [2.45, 2.75) is 5.75 Å². The molecule has 0 fully saturated rings. The number of aromatic nitrogens is 1. The molecule has 18 heavy (non-hydrogen) atoms. The molecule has 0 aliphatic heterocycles. The molecule has 0 saturated heterocycles. The van der Waals surface area contributed by atoms with E-state index in [1.807, 2.05) is 0 Å². The number of nitrogens with zero attached hydrogens (tertiary/aromatic N) is 1. The Morgan fingerprint density at radius 2 is 2.22 bits per heavy atom. The minimum absolute atomic E-state index is 0.236. The lowest BCUT2D eigenvalue weighted by Crippen LogP contribution is -2.14. The van der Waals surface area contributed by atoms with E-state index in [-0.39, 0.29) is 5.75 Å². The van der Waals surface area contributed by atoms with Gasteiger partial charge in [0.15, 0.2) is 12.2 Å². The van der Waals surface area contributed by atoms with Crippen LogP contribution in [0.25, 0.3) is 11.3 Å². The SMILES string of the molecule is COc1cc(CS(N)(=O)=O)ccc1-c1cnco1. The number of benzene rings is 1. The summed E-state index contributed by atoms with van der Waals surface area (Å²) in [6, 6.07) is 4.98. The fourth-order valence-electron chi connectivity index (χ4n) is 1.61. The van der Waals surface area contributed by atoms with E-state index in [9.17, 15) is 8.42 Å². The Morgan fingerprint density at radius 1 is 1.44 bits per heavy atom. The molecular formula is C11H12N2O4S. The summed E-state index contributed by atoms with van der Waals surface area (Å²) < 4.78 is 32.4. The largest absolute Gasteiger partial charge is 0.496 e. The van der Waals surface area contributed by atoms with Gasteiger partial charge in [-0.3, -0.25) is 0 Å². The molecule has 0 spiro atoms. The minimum Gasteiger partial charge on any atom is -0.496 e. The number of rotatable bonds is 4. The molecule has 2 aromatic rings. The molecule has 6 nitrogen and oxygen atoms in total. The van der Waals surface area contributed by atoms with Gasteiger partial charge in [-0.05, 0) is 17.7 Å². The van der Waals surface area contributed by atoms with Gasteiger partial charge < -0.3 is 9.15 Å². The third kappa shape index (κ3) is 2.88. The third-order valence-electron chi connectivity index (χ3n) is 2.33. The highest BCUT2D eigenvalue weighted by Gasteiger charge is 2.12. The summed E-state index contributed by atoms with van der Waals surface area (Å²) >= 11 is 0. The van der Waals surface area contributed by atoms with Gasteiger partial charge in [-0.25, -0.2) is 18.5 Å². The van der Waals surface area contributed by atoms with Crippen molar-refractivity contribution in [1.29, 1.82) is 0 Å². The van der Waals surface area contributed by atoms with E-state index in [4.69, 9.17) is 14.3 Å². The van der Waals surface area contributed by atoms with Gasteiger partial charge in [-0.15, -0.1) is 0 Å². The predicted octanol–water partition coefficient (Wildman–Crippen LogP) is 1.14. The van der Waals surface area contributed by atoms with Gasteiger partial charge >= 0.3 is 0 Å². The number of methoxy groups -OCH3 is 1. The van der Waals surface area contributed by atoms with Crippen LogP contribution in [0.1, 0.15) is 5.56 Å². The molecule has 0 saturated carbocycles. The molecule has 0 aliphatic carbocycles. The van der Waals surface area contributed by atoms with Gasteiger partial charge in [-0.1, -0.05) is 6.07 Å². The fourth-order valence-corrected chi connectivity index (χ4v) is 2.25. The van der Waals surface area contributed by atoms with E-state index < -0.39 is 10.0 Å². The number of ether oxygens (including phenoxy) is 1. The summed E-state index contributed by atoms with van der Waals surface area (Å²) in [5, 5.41) is 4.99. The van der Waals surface area contributed by atoms with Crippen LogP contribution in [0.3, 0.4) is 0 Å². The molecule has 1 heterocycles. The Kier molecular flexibility index (Phi) is 3.35. The molecule has 0 atom stereocenters. The summed E-state index contributed by atoms with van der Waals surface area (Å²) in [5.74, 6) is 0.821. The maximum absolute atomic E-state index is 11.0. The highest BCUT2D eigenvalue weighted by atomic mass is 32.2. The molecule has 2 rings (SSSR count). The first kappa shape index (κ1) is 12.6. The Bertz CT molecular complexity index is 635. The fraction of sp³-hybridized carbons (Fsp3) is 0.182. The first-order valence-electron chi connectivity index (χ1n) is 5.06. The van der Waals surface area contributed by atoms with Gasteiger partial charge in [0, 0.05) is 0 Å². The number of nitrogens with two attached hydrogens (primary N) is 1. The summed E-state index contributed by atoms with van der Waals surface area (Å²) in [6.07, 6.45) is 2.87. The van der Waals surface area contributed by atoms with Gasteiger partial charge in [0.1, 0.15) is 5.75 Å². The molecule has 0 unspecified atom stereocenters. The highest BCUT2D eigenvalue weighted by Crippen LogP contribution is 2.30. The van der Waals surface area contributed by atoms with E-state index in [0.717, 1.165) is 0 Å². The Morgan fingerprint density at radius 3 is 2.78 bits per heavy atom. The van der Waals surface area contributed by atoms with Crippen molar-refractivity contribution in [3.63, 3.8) is 0 Å². The topological polar surface area (TPSA) is 95.4 Å². The zero-order valence-electron chi connectivity index (χ0n) is 9.66. The molecule has 0 aliphatic rings. The summed E-state index contributed by atoms with van der Waals surface area (Å²) in [4.78, 5) is 3.82. The Labute approximate surface area is 104 Å². The van der Waals surface area contributed by atoms with E-state index in [1.54, 1.807) is 24.4 Å². The molecule has 1 aromatic heterocycles. The van der Waals surface area contributed by atoms with Crippen molar-refractivity contribution in [3.05, 3.63) is 36.4 Å². The molecule has 1 aromatic carbocycles. The second-order valence-corrected chi connectivity index (χ2v) is 5.32. The maximum atomic E-state index is 11.0. The monoisotopic (exact) mass is 268 g/mol. The molecule has 2 N–H and O–H groups in total. The highest BCUT2D eigenvalue weighted by molar-refractivity contribution is 7.88. The summed E-state index contributed by atoms with van der Waals surface area (Å²) in [5.41, 5.74) is 1.26. The van der Waals surface area contributed by atoms with Gasteiger partial charge in [0.05, 0.1) is 24.6 Å². The molecule has 0 amide bonds. The number of oxazole rings is 1. The van der Waals surface area contributed by atoms with E-state index in [2.05, 4.69) is 4.98 Å². The van der Waals surface area contributed by atoms with Crippen LogP contribution in [-0.2, 0) is 15.8 Å². The van der Waals surface area contributed by atoms with Crippen molar-refractivity contribution < 1.29 is 17.6 Å². The van der Waals surface area contributed by atoms with Crippen LogP contribution in [0.4, 0.5) is 0 Å². The normalized spacial score (nSPS) is 11.4.